The van der Waals surface area contributed by atoms with Crippen LogP contribution in [0.4, 0.5) is 18.3 Å². The third-order valence-electron chi connectivity index (χ3n) is 4.65. The van der Waals surface area contributed by atoms with Gasteiger partial charge in [0.15, 0.2) is 5.13 Å². The molecule has 2 aromatic heterocycles. The summed E-state index contributed by atoms with van der Waals surface area (Å²) in [7, 11) is 0. The van der Waals surface area contributed by atoms with E-state index in [-0.39, 0.29) is 0 Å². The Balaban J connectivity index is 0.000000378. The Kier molecular flexibility index (Phi) is 13.6. The van der Waals surface area contributed by atoms with Gasteiger partial charge in [-0.05, 0) is 62.7 Å². The van der Waals surface area contributed by atoms with Crippen LogP contribution in [0.3, 0.4) is 0 Å². The van der Waals surface area contributed by atoms with Crippen molar-refractivity contribution < 1.29 is 18.3 Å². The van der Waals surface area contributed by atoms with Crippen LogP contribution in [-0.4, -0.2) is 33.4 Å². The average molecular weight is 559 g/mol. The molecular weight excluding hydrogens is 521 g/mol. The minimum atomic E-state index is -4.22. The fraction of sp³-hybridized carbons (Fsp3) is 0.333. The second-order valence-electron chi connectivity index (χ2n) is 8.62. The summed E-state index contributed by atoms with van der Waals surface area (Å²) >= 11 is 1.39. The van der Waals surface area contributed by atoms with E-state index in [1.165, 1.54) is 23.5 Å². The van der Waals surface area contributed by atoms with Gasteiger partial charge in [-0.1, -0.05) is 80.0 Å². The molecule has 3 aromatic rings. The van der Waals surface area contributed by atoms with Gasteiger partial charge in [0.05, 0.1) is 10.5 Å². The summed E-state index contributed by atoms with van der Waals surface area (Å²) in [5.74, 6) is 5.71. The molecule has 0 saturated heterocycles. The molecule has 9 heteroatoms. The maximum atomic E-state index is 12.1. The maximum absolute atomic E-state index is 12.1. The van der Waals surface area contributed by atoms with Crippen LogP contribution < -0.4 is 11.5 Å². The van der Waals surface area contributed by atoms with Crippen molar-refractivity contribution in [1.29, 1.82) is 0 Å². The predicted molar refractivity (Wildman–Crippen MR) is 158 cm³/mol. The van der Waals surface area contributed by atoms with Crippen molar-refractivity contribution >= 4 is 27.2 Å². The Morgan fingerprint density at radius 3 is 2.38 bits per heavy atom. The van der Waals surface area contributed by atoms with E-state index < -0.39 is 17.4 Å². The molecule has 0 radical (unpaired) electrons. The minimum absolute atomic E-state index is 0.463. The van der Waals surface area contributed by atoms with Crippen molar-refractivity contribution in [3.63, 3.8) is 0 Å². The molecule has 1 aromatic carbocycles. The van der Waals surface area contributed by atoms with E-state index >= 15 is 0 Å². The van der Waals surface area contributed by atoms with Crippen molar-refractivity contribution in [1.82, 2.24) is 9.97 Å². The van der Waals surface area contributed by atoms with Crippen molar-refractivity contribution in [3.05, 3.63) is 77.8 Å². The number of anilines is 1. The highest BCUT2D eigenvalue weighted by Gasteiger charge is 2.31. The molecule has 1 aliphatic rings. The van der Waals surface area contributed by atoms with E-state index in [0.717, 1.165) is 45.5 Å². The number of alkyl halides is 3. The fourth-order valence-electron chi connectivity index (χ4n) is 2.97. The fourth-order valence-corrected chi connectivity index (χ4v) is 3.75. The van der Waals surface area contributed by atoms with Gasteiger partial charge in [-0.3, -0.25) is 4.98 Å². The van der Waals surface area contributed by atoms with Gasteiger partial charge in [0.25, 0.3) is 0 Å². The summed E-state index contributed by atoms with van der Waals surface area (Å²) in [4.78, 5) is 9.29. The number of hydrogen-bond donors (Lipinski definition) is 3. The molecule has 5 nitrogen and oxygen atoms in total. The van der Waals surface area contributed by atoms with Crippen molar-refractivity contribution in [2.24, 2.45) is 5.73 Å². The number of nitrogens with zero attached hydrogens (tertiary/aromatic N) is 2. The Labute approximate surface area is 233 Å². The number of pyridine rings is 1. The lowest BCUT2D eigenvalue weighted by atomic mass is 10.1. The zero-order chi connectivity index (χ0) is 29.6. The Bertz CT molecular complexity index is 1350. The quantitative estimate of drug-likeness (QED) is 0.270. The van der Waals surface area contributed by atoms with Crippen LogP contribution in [0.2, 0.25) is 0 Å². The Morgan fingerprint density at radius 2 is 1.77 bits per heavy atom. The highest BCUT2D eigenvalue weighted by Crippen LogP contribution is 2.33. The van der Waals surface area contributed by atoms with E-state index in [2.05, 4.69) is 27.9 Å². The van der Waals surface area contributed by atoms with E-state index in [1.807, 2.05) is 45.2 Å². The lowest BCUT2D eigenvalue weighted by Crippen LogP contribution is -2.14. The Morgan fingerprint density at radius 1 is 1.10 bits per heavy atom. The lowest BCUT2D eigenvalue weighted by Gasteiger charge is -2.06. The first-order valence-electron chi connectivity index (χ1n) is 12.5. The van der Waals surface area contributed by atoms with Crippen LogP contribution in [0.25, 0.3) is 21.2 Å². The molecule has 0 unspecified atom stereocenters. The largest absolute Gasteiger partial charge is 0.416 e. The number of rotatable bonds is 1. The van der Waals surface area contributed by atoms with E-state index in [0.29, 0.717) is 17.2 Å². The number of thiazole rings is 1. The van der Waals surface area contributed by atoms with Crippen molar-refractivity contribution in [2.75, 3.05) is 12.3 Å². The molecular formula is C30H37F3N4OS. The predicted octanol–water partition coefficient (Wildman–Crippen LogP) is 7.44. The molecule has 0 amide bonds. The van der Waals surface area contributed by atoms with Crippen LogP contribution in [0.5, 0.6) is 0 Å². The average Bonchev–Trinajstić information content (AvgIpc) is 3.10. The third-order valence-corrected chi connectivity index (χ3v) is 5.58. The molecule has 0 saturated carbocycles. The number of halogens is 3. The summed E-state index contributed by atoms with van der Waals surface area (Å²) in [5, 5.41) is 12.4. The topological polar surface area (TPSA) is 98.0 Å². The van der Waals surface area contributed by atoms with Gasteiger partial charge >= 0.3 is 6.18 Å². The molecule has 0 aliphatic heterocycles. The van der Waals surface area contributed by atoms with Crippen LogP contribution in [0.1, 0.15) is 53.7 Å². The first kappa shape index (κ1) is 33.6. The molecule has 0 fully saturated rings. The number of nitrogens with two attached hydrogens (primary N) is 2. The van der Waals surface area contributed by atoms with Crippen molar-refractivity contribution in [3.8, 4) is 22.3 Å². The number of fused-ring (bicyclic) bond motifs is 1. The van der Waals surface area contributed by atoms with Crippen molar-refractivity contribution in [2.45, 2.75) is 59.7 Å². The van der Waals surface area contributed by atoms with Gasteiger partial charge in [0, 0.05) is 17.8 Å². The van der Waals surface area contributed by atoms with Crippen LogP contribution in [0, 0.1) is 11.8 Å². The van der Waals surface area contributed by atoms with Gasteiger partial charge in [0.2, 0.25) is 0 Å². The van der Waals surface area contributed by atoms with Gasteiger partial charge in [-0.25, -0.2) is 4.98 Å². The molecule has 4 rings (SSSR count). The molecule has 39 heavy (non-hydrogen) atoms. The molecule has 210 valence electrons. The first-order valence-corrected chi connectivity index (χ1v) is 13.3. The van der Waals surface area contributed by atoms with Crippen LogP contribution in [-0.2, 0) is 0 Å². The zero-order valence-electron chi connectivity index (χ0n) is 23.2. The second-order valence-corrected chi connectivity index (χ2v) is 9.65. The van der Waals surface area contributed by atoms with Gasteiger partial charge in [-0.15, -0.1) is 0 Å². The smallest absolute Gasteiger partial charge is 0.378 e. The van der Waals surface area contributed by atoms with Gasteiger partial charge < -0.3 is 16.6 Å². The normalized spacial score (nSPS) is 12.6. The molecule has 5 N–H and O–H groups in total. The molecule has 2 heterocycles. The van der Waals surface area contributed by atoms with E-state index in [1.54, 1.807) is 27.0 Å². The number of aromatic nitrogens is 2. The monoisotopic (exact) mass is 558 g/mol. The summed E-state index contributed by atoms with van der Waals surface area (Å²) in [6.45, 7) is 11.7. The highest BCUT2D eigenvalue weighted by atomic mass is 32.1. The number of allylic oxidation sites excluding steroid dienone is 6. The zero-order valence-corrected chi connectivity index (χ0v) is 24.0. The first-order chi connectivity index (χ1) is 18.3. The molecule has 0 spiro atoms. The van der Waals surface area contributed by atoms with Crippen LogP contribution >= 0.6 is 11.3 Å². The van der Waals surface area contributed by atoms with Gasteiger partial charge in [0.1, 0.15) is 11.3 Å². The highest BCUT2D eigenvalue weighted by molar-refractivity contribution is 7.19. The number of aliphatic hydroxyl groups is 1. The molecule has 1 aliphatic carbocycles. The molecule has 0 atom stereocenters. The molecule has 0 bridgehead atoms. The van der Waals surface area contributed by atoms with Gasteiger partial charge in [-0.2, -0.15) is 13.2 Å². The van der Waals surface area contributed by atoms with Crippen LogP contribution in [0.15, 0.2) is 72.1 Å². The van der Waals surface area contributed by atoms with E-state index in [4.69, 9.17) is 11.5 Å². The lowest BCUT2D eigenvalue weighted by molar-refractivity contribution is -0.0881. The summed E-state index contributed by atoms with van der Waals surface area (Å²) < 4.78 is 36.3. The standard InChI is InChI=1S/C17H15N3OS.C9H9F3.C2H7N.C2H6/c1-17(2,21)7-5-14-15(22-16(18)20-14)12-3-4-13-10-19-8-6-11(13)9-12;1-7-3-2-4-8(6-5-7)9(10,11)12;1-2-3;1-2/h3-4,6,8-10,21H,1-2H3,(H2,18,20);2,4-6H,3H2,1H3;2-3H2,1H3;1-2H3. The summed E-state index contributed by atoms with van der Waals surface area (Å²) in [6, 6.07) is 8.05. The summed E-state index contributed by atoms with van der Waals surface area (Å²) in [6.07, 6.45) is 5.22. The minimum Gasteiger partial charge on any atom is -0.378 e. The Hall–Kier alpha value is -3.45. The number of benzene rings is 1. The number of nitrogen functional groups attached to an aromatic ring is 1. The SMILES string of the molecule is CC.CC(C)(O)C#Cc1nc(N)sc1-c1ccc2cnccc2c1.CC1=CC=C(C(F)(F)F)C=CC1.CCN. The number of hydrogen-bond acceptors (Lipinski definition) is 6. The third kappa shape index (κ3) is 11.9. The van der Waals surface area contributed by atoms with E-state index in [9.17, 15) is 18.3 Å². The second kappa shape index (κ2) is 15.8. The summed E-state index contributed by atoms with van der Waals surface area (Å²) in [5.41, 5.74) is 11.6. The maximum Gasteiger partial charge on any atom is 0.416 e.